The van der Waals surface area contributed by atoms with Crippen LogP contribution in [0.5, 0.6) is 0 Å². The van der Waals surface area contributed by atoms with Crippen LogP contribution in [0, 0.1) is 13.8 Å². The van der Waals surface area contributed by atoms with Gasteiger partial charge < -0.3 is 20.1 Å². The highest BCUT2D eigenvalue weighted by atomic mass is 16.5. The first-order chi connectivity index (χ1) is 10.5. The second-order valence-corrected chi connectivity index (χ2v) is 6.41. The minimum absolute atomic E-state index is 0.251. The van der Waals surface area contributed by atoms with Crippen molar-refractivity contribution < 1.29 is 4.52 Å². The molecular formula is C16H29N5O. The number of aromatic nitrogens is 1. The molecule has 0 spiro atoms. The smallest absolute Gasteiger partial charge is 0.191 e. The molecule has 1 fully saturated rings. The summed E-state index contributed by atoms with van der Waals surface area (Å²) in [4.78, 5) is 6.68. The van der Waals surface area contributed by atoms with Crippen molar-refractivity contribution in [1.29, 1.82) is 0 Å². The maximum Gasteiger partial charge on any atom is 0.191 e. The molecular weight excluding hydrogens is 278 g/mol. The molecule has 1 heterocycles. The van der Waals surface area contributed by atoms with E-state index < -0.39 is 0 Å². The van der Waals surface area contributed by atoms with E-state index in [0.29, 0.717) is 6.54 Å². The fourth-order valence-electron chi connectivity index (χ4n) is 3.21. The quantitative estimate of drug-likeness (QED) is 0.642. The molecule has 22 heavy (non-hydrogen) atoms. The van der Waals surface area contributed by atoms with Gasteiger partial charge in [0, 0.05) is 31.2 Å². The zero-order valence-corrected chi connectivity index (χ0v) is 14.5. The van der Waals surface area contributed by atoms with Crippen LogP contribution in [0.3, 0.4) is 0 Å². The summed E-state index contributed by atoms with van der Waals surface area (Å²) >= 11 is 0. The molecule has 2 rings (SSSR count). The standard InChI is InChI=1S/C16H29N5O/c1-12-14(13(2)22-20-12)10-18-15(17-3)19-11-16(21(4)5)8-6-7-9-16/h6-11H2,1-5H3,(H2,17,18,19). The van der Waals surface area contributed by atoms with Gasteiger partial charge in [0.25, 0.3) is 0 Å². The number of nitrogens with zero attached hydrogens (tertiary/aromatic N) is 3. The highest BCUT2D eigenvalue weighted by Crippen LogP contribution is 2.33. The molecule has 1 aliphatic carbocycles. The molecule has 1 aromatic rings. The number of rotatable bonds is 5. The Morgan fingerprint density at radius 2 is 1.95 bits per heavy atom. The van der Waals surface area contributed by atoms with Gasteiger partial charge in [-0.3, -0.25) is 4.99 Å². The van der Waals surface area contributed by atoms with Gasteiger partial charge in [0.05, 0.1) is 5.69 Å². The van der Waals surface area contributed by atoms with Crippen molar-refractivity contribution in [2.24, 2.45) is 4.99 Å². The third-order valence-corrected chi connectivity index (χ3v) is 4.91. The minimum Gasteiger partial charge on any atom is -0.361 e. The topological polar surface area (TPSA) is 65.7 Å². The molecule has 1 aromatic heterocycles. The van der Waals surface area contributed by atoms with Crippen molar-refractivity contribution in [3.63, 3.8) is 0 Å². The molecule has 1 aliphatic rings. The maximum absolute atomic E-state index is 5.19. The van der Waals surface area contributed by atoms with Crippen molar-refractivity contribution in [1.82, 2.24) is 20.7 Å². The number of aliphatic imine (C=N–C) groups is 1. The second kappa shape index (κ2) is 7.13. The summed E-state index contributed by atoms with van der Waals surface area (Å²) < 4.78 is 5.19. The van der Waals surface area contributed by atoms with E-state index in [1.165, 1.54) is 25.7 Å². The van der Waals surface area contributed by atoms with Gasteiger partial charge in [-0.15, -0.1) is 0 Å². The Bertz CT molecular complexity index is 495. The van der Waals surface area contributed by atoms with Gasteiger partial charge in [-0.2, -0.15) is 0 Å². The van der Waals surface area contributed by atoms with Crippen LogP contribution >= 0.6 is 0 Å². The Morgan fingerprint density at radius 1 is 1.27 bits per heavy atom. The lowest BCUT2D eigenvalue weighted by Gasteiger charge is -2.37. The largest absolute Gasteiger partial charge is 0.361 e. The van der Waals surface area contributed by atoms with Gasteiger partial charge in [-0.05, 0) is 40.8 Å². The van der Waals surface area contributed by atoms with Crippen LogP contribution in [0.2, 0.25) is 0 Å². The zero-order valence-electron chi connectivity index (χ0n) is 14.5. The number of aryl methyl sites for hydroxylation is 2. The number of likely N-dealkylation sites (N-methyl/N-ethyl adjacent to an activating group) is 1. The van der Waals surface area contributed by atoms with Crippen LogP contribution in [-0.2, 0) is 6.54 Å². The summed E-state index contributed by atoms with van der Waals surface area (Å²) in [5.74, 6) is 1.69. The Balaban J connectivity index is 1.90. The molecule has 0 unspecified atom stereocenters. The number of hydrogen-bond acceptors (Lipinski definition) is 4. The Kier molecular flexibility index (Phi) is 5.45. The minimum atomic E-state index is 0.251. The first-order valence-corrected chi connectivity index (χ1v) is 8.02. The lowest BCUT2D eigenvalue weighted by atomic mass is 9.96. The van der Waals surface area contributed by atoms with Gasteiger partial charge in [0.1, 0.15) is 5.76 Å². The van der Waals surface area contributed by atoms with Crippen molar-refractivity contribution in [2.45, 2.75) is 51.6 Å². The van der Waals surface area contributed by atoms with Gasteiger partial charge >= 0.3 is 0 Å². The van der Waals surface area contributed by atoms with E-state index in [-0.39, 0.29) is 5.54 Å². The second-order valence-electron chi connectivity index (χ2n) is 6.41. The summed E-state index contributed by atoms with van der Waals surface area (Å²) in [5.41, 5.74) is 2.29. The molecule has 0 saturated heterocycles. The molecule has 6 nitrogen and oxygen atoms in total. The molecule has 124 valence electrons. The molecule has 6 heteroatoms. The van der Waals surface area contributed by atoms with Crippen molar-refractivity contribution >= 4 is 5.96 Å². The molecule has 0 radical (unpaired) electrons. The summed E-state index contributed by atoms with van der Waals surface area (Å²) in [6.07, 6.45) is 5.11. The van der Waals surface area contributed by atoms with E-state index in [4.69, 9.17) is 4.52 Å². The Labute approximate surface area is 133 Å². The van der Waals surface area contributed by atoms with E-state index in [2.05, 4.69) is 39.8 Å². The maximum atomic E-state index is 5.19. The van der Waals surface area contributed by atoms with Crippen molar-refractivity contribution in [2.75, 3.05) is 27.7 Å². The van der Waals surface area contributed by atoms with Crippen LogP contribution in [0.4, 0.5) is 0 Å². The fourth-order valence-corrected chi connectivity index (χ4v) is 3.21. The van der Waals surface area contributed by atoms with Crippen LogP contribution in [0.1, 0.15) is 42.7 Å². The average Bonchev–Trinajstić information content (AvgIpc) is 3.09. The number of guanidine groups is 1. The predicted molar refractivity (Wildman–Crippen MR) is 89.1 cm³/mol. The molecule has 0 aliphatic heterocycles. The summed E-state index contributed by atoms with van der Waals surface area (Å²) in [6.45, 7) is 5.49. The number of hydrogen-bond donors (Lipinski definition) is 2. The predicted octanol–water partition coefficient (Wildman–Crippen LogP) is 1.83. The third kappa shape index (κ3) is 3.61. The first kappa shape index (κ1) is 16.8. The first-order valence-electron chi connectivity index (χ1n) is 8.02. The monoisotopic (exact) mass is 307 g/mol. The van der Waals surface area contributed by atoms with E-state index in [1.54, 1.807) is 7.05 Å². The third-order valence-electron chi connectivity index (χ3n) is 4.91. The van der Waals surface area contributed by atoms with Crippen LogP contribution in [-0.4, -0.2) is 49.2 Å². The Hall–Kier alpha value is -1.56. The highest BCUT2D eigenvalue weighted by Gasteiger charge is 2.35. The van der Waals surface area contributed by atoms with E-state index >= 15 is 0 Å². The van der Waals surface area contributed by atoms with Gasteiger partial charge in [-0.1, -0.05) is 18.0 Å². The van der Waals surface area contributed by atoms with Gasteiger partial charge in [0.2, 0.25) is 0 Å². The SMILES string of the molecule is CN=C(NCc1c(C)noc1C)NCC1(N(C)C)CCCC1. The Morgan fingerprint density at radius 3 is 2.45 bits per heavy atom. The van der Waals surface area contributed by atoms with Gasteiger partial charge in [0.15, 0.2) is 5.96 Å². The molecule has 1 saturated carbocycles. The van der Waals surface area contributed by atoms with Crippen LogP contribution in [0.15, 0.2) is 9.52 Å². The molecule has 0 bridgehead atoms. The lowest BCUT2D eigenvalue weighted by molar-refractivity contribution is 0.160. The van der Waals surface area contributed by atoms with E-state index in [0.717, 1.165) is 29.5 Å². The molecule has 0 aromatic carbocycles. The van der Waals surface area contributed by atoms with Crippen molar-refractivity contribution in [3.05, 3.63) is 17.0 Å². The molecule has 0 amide bonds. The summed E-state index contributed by atoms with van der Waals surface area (Å²) in [7, 11) is 6.15. The van der Waals surface area contributed by atoms with E-state index in [9.17, 15) is 0 Å². The highest BCUT2D eigenvalue weighted by molar-refractivity contribution is 5.79. The molecule has 2 N–H and O–H groups in total. The summed E-state index contributed by atoms with van der Waals surface area (Å²) in [6, 6.07) is 0. The fraction of sp³-hybridized carbons (Fsp3) is 0.750. The van der Waals surface area contributed by atoms with Gasteiger partial charge in [-0.25, -0.2) is 0 Å². The average molecular weight is 307 g/mol. The van der Waals surface area contributed by atoms with Crippen LogP contribution in [0.25, 0.3) is 0 Å². The van der Waals surface area contributed by atoms with Crippen molar-refractivity contribution in [3.8, 4) is 0 Å². The molecule has 0 atom stereocenters. The van der Waals surface area contributed by atoms with Crippen LogP contribution < -0.4 is 10.6 Å². The number of nitrogens with one attached hydrogen (secondary N) is 2. The summed E-state index contributed by atoms with van der Waals surface area (Å²) in [5, 5.41) is 10.8. The zero-order chi connectivity index (χ0) is 16.2. The normalized spacial score (nSPS) is 18.0. The van der Waals surface area contributed by atoms with E-state index in [1.807, 2.05) is 13.8 Å². The lowest BCUT2D eigenvalue weighted by Crippen LogP contribution is -2.52.